The van der Waals surface area contributed by atoms with Crippen LogP contribution in [-0.2, 0) is 0 Å². The van der Waals surface area contributed by atoms with Crippen molar-refractivity contribution in [3.05, 3.63) is 23.5 Å². The lowest BCUT2D eigenvalue weighted by Crippen LogP contribution is -2.23. The average molecular weight is 225 g/mol. The quantitative estimate of drug-likeness (QED) is 0.789. The molecule has 1 unspecified atom stereocenters. The summed E-state index contributed by atoms with van der Waals surface area (Å²) in [5.74, 6) is 0.938. The van der Waals surface area contributed by atoms with E-state index < -0.39 is 0 Å². The summed E-state index contributed by atoms with van der Waals surface area (Å²) in [6.07, 6.45) is 7.29. The largest absolute Gasteiger partial charge is 0.381 e. The zero-order chi connectivity index (χ0) is 10.7. The molecule has 2 rings (SSSR count). The first-order valence-corrected chi connectivity index (χ1v) is 6.00. The molecule has 1 aliphatic rings. The third-order valence-electron chi connectivity index (χ3n) is 3.05. The SMILES string of the molecule is CC(CC1CCC1)Nc1ccc(Cl)nc1. The van der Waals surface area contributed by atoms with Crippen LogP contribution in [0.1, 0.15) is 32.6 Å². The zero-order valence-corrected chi connectivity index (χ0v) is 9.80. The second-order valence-corrected chi connectivity index (χ2v) is 4.83. The van der Waals surface area contributed by atoms with Crippen molar-refractivity contribution < 1.29 is 0 Å². The lowest BCUT2D eigenvalue weighted by atomic mass is 9.81. The molecule has 0 spiro atoms. The molecule has 0 amide bonds. The molecule has 1 aromatic heterocycles. The summed E-state index contributed by atoms with van der Waals surface area (Å²) in [5, 5.41) is 4.00. The number of aromatic nitrogens is 1. The second-order valence-electron chi connectivity index (χ2n) is 4.45. The van der Waals surface area contributed by atoms with Gasteiger partial charge in [-0.3, -0.25) is 0 Å². The summed E-state index contributed by atoms with van der Waals surface area (Å²) in [6, 6.07) is 4.32. The van der Waals surface area contributed by atoms with Gasteiger partial charge in [-0.2, -0.15) is 0 Å². The van der Waals surface area contributed by atoms with Gasteiger partial charge in [-0.25, -0.2) is 4.98 Å². The number of halogens is 1. The van der Waals surface area contributed by atoms with Gasteiger partial charge in [0.25, 0.3) is 0 Å². The molecule has 1 N–H and O–H groups in total. The number of rotatable bonds is 4. The van der Waals surface area contributed by atoms with Crippen LogP contribution in [0.3, 0.4) is 0 Å². The van der Waals surface area contributed by atoms with Crippen LogP contribution in [0.25, 0.3) is 0 Å². The molecule has 0 bridgehead atoms. The monoisotopic (exact) mass is 224 g/mol. The highest BCUT2D eigenvalue weighted by molar-refractivity contribution is 6.29. The fraction of sp³-hybridized carbons (Fsp3) is 0.583. The van der Waals surface area contributed by atoms with Gasteiger partial charge >= 0.3 is 0 Å². The normalized spacial score (nSPS) is 18.3. The van der Waals surface area contributed by atoms with Crippen molar-refractivity contribution >= 4 is 17.3 Å². The summed E-state index contributed by atoms with van der Waals surface area (Å²) >= 11 is 5.73. The van der Waals surface area contributed by atoms with E-state index in [0.29, 0.717) is 11.2 Å². The Balaban J connectivity index is 1.82. The minimum absolute atomic E-state index is 0.526. The van der Waals surface area contributed by atoms with E-state index >= 15 is 0 Å². The van der Waals surface area contributed by atoms with Gasteiger partial charge in [-0.15, -0.1) is 0 Å². The van der Waals surface area contributed by atoms with E-state index in [1.54, 1.807) is 6.20 Å². The van der Waals surface area contributed by atoms with Gasteiger partial charge in [0.15, 0.2) is 0 Å². The molecule has 82 valence electrons. The lowest BCUT2D eigenvalue weighted by molar-refractivity contribution is 0.286. The van der Waals surface area contributed by atoms with E-state index in [1.165, 1.54) is 25.7 Å². The second kappa shape index (κ2) is 4.84. The number of nitrogens with one attached hydrogen (secondary N) is 1. The van der Waals surface area contributed by atoms with Gasteiger partial charge in [-0.05, 0) is 31.4 Å². The molecule has 0 saturated heterocycles. The number of hydrogen-bond acceptors (Lipinski definition) is 2. The Morgan fingerprint density at radius 2 is 2.33 bits per heavy atom. The Morgan fingerprint density at radius 3 is 2.87 bits per heavy atom. The fourth-order valence-corrected chi connectivity index (χ4v) is 2.14. The first kappa shape index (κ1) is 10.7. The van der Waals surface area contributed by atoms with Gasteiger partial charge in [0.1, 0.15) is 5.15 Å². The molecule has 0 aliphatic heterocycles. The number of anilines is 1. The number of hydrogen-bond donors (Lipinski definition) is 1. The van der Waals surface area contributed by atoms with E-state index in [4.69, 9.17) is 11.6 Å². The lowest BCUT2D eigenvalue weighted by Gasteiger charge is -2.28. The van der Waals surface area contributed by atoms with Gasteiger partial charge in [-0.1, -0.05) is 30.9 Å². The van der Waals surface area contributed by atoms with Crippen molar-refractivity contribution in [3.63, 3.8) is 0 Å². The molecule has 1 atom stereocenters. The summed E-state index contributed by atoms with van der Waals surface area (Å²) in [7, 11) is 0. The van der Waals surface area contributed by atoms with E-state index in [1.807, 2.05) is 12.1 Å². The first-order valence-electron chi connectivity index (χ1n) is 5.62. The smallest absolute Gasteiger partial charge is 0.129 e. The molecule has 1 fully saturated rings. The standard InChI is InChI=1S/C12H17ClN2/c1-9(7-10-3-2-4-10)15-11-5-6-12(13)14-8-11/h5-6,8-10,15H,2-4,7H2,1H3. The Labute approximate surface area is 96.1 Å². The van der Waals surface area contributed by atoms with Gasteiger partial charge in [0.05, 0.1) is 11.9 Å². The van der Waals surface area contributed by atoms with Gasteiger partial charge in [0.2, 0.25) is 0 Å². The average Bonchev–Trinajstić information content (AvgIpc) is 2.16. The van der Waals surface area contributed by atoms with Crippen molar-refractivity contribution in [1.82, 2.24) is 4.98 Å². The van der Waals surface area contributed by atoms with Gasteiger partial charge in [0, 0.05) is 6.04 Å². The van der Waals surface area contributed by atoms with Crippen LogP contribution in [-0.4, -0.2) is 11.0 Å². The molecule has 0 radical (unpaired) electrons. The van der Waals surface area contributed by atoms with Gasteiger partial charge < -0.3 is 5.32 Å². The van der Waals surface area contributed by atoms with E-state index in [-0.39, 0.29) is 0 Å². The summed E-state index contributed by atoms with van der Waals surface area (Å²) in [6.45, 7) is 2.23. The topological polar surface area (TPSA) is 24.9 Å². The molecule has 0 aromatic carbocycles. The molecule has 1 heterocycles. The van der Waals surface area contributed by atoms with E-state index in [0.717, 1.165) is 11.6 Å². The molecule has 1 aliphatic carbocycles. The molecular formula is C12H17ClN2. The maximum atomic E-state index is 5.73. The predicted molar refractivity (Wildman–Crippen MR) is 64.3 cm³/mol. The summed E-state index contributed by atoms with van der Waals surface area (Å²) < 4.78 is 0. The van der Waals surface area contributed by atoms with Crippen LogP contribution in [0.2, 0.25) is 5.15 Å². The summed E-state index contributed by atoms with van der Waals surface area (Å²) in [5.41, 5.74) is 1.06. The Kier molecular flexibility index (Phi) is 3.47. The Hall–Kier alpha value is -0.760. The Bertz CT molecular complexity index is 306. The minimum atomic E-state index is 0.526. The highest BCUT2D eigenvalue weighted by atomic mass is 35.5. The van der Waals surface area contributed by atoms with Crippen molar-refractivity contribution in [1.29, 1.82) is 0 Å². The molecule has 15 heavy (non-hydrogen) atoms. The van der Waals surface area contributed by atoms with Crippen molar-refractivity contribution in [3.8, 4) is 0 Å². The number of nitrogens with zero attached hydrogens (tertiary/aromatic N) is 1. The highest BCUT2D eigenvalue weighted by Crippen LogP contribution is 2.31. The van der Waals surface area contributed by atoms with Crippen LogP contribution in [0.5, 0.6) is 0 Å². The third-order valence-corrected chi connectivity index (χ3v) is 3.28. The molecule has 1 aromatic rings. The zero-order valence-electron chi connectivity index (χ0n) is 9.04. The minimum Gasteiger partial charge on any atom is -0.381 e. The maximum Gasteiger partial charge on any atom is 0.129 e. The number of pyridine rings is 1. The predicted octanol–water partition coefficient (Wildman–Crippen LogP) is 3.73. The van der Waals surface area contributed by atoms with Crippen LogP contribution in [0.4, 0.5) is 5.69 Å². The first-order chi connectivity index (χ1) is 7.24. The Morgan fingerprint density at radius 1 is 1.53 bits per heavy atom. The highest BCUT2D eigenvalue weighted by Gasteiger charge is 2.19. The maximum absolute atomic E-state index is 5.73. The van der Waals surface area contributed by atoms with Crippen LogP contribution >= 0.6 is 11.6 Å². The molecular weight excluding hydrogens is 208 g/mol. The molecule has 2 nitrogen and oxygen atoms in total. The third kappa shape index (κ3) is 3.10. The molecule has 3 heteroatoms. The fourth-order valence-electron chi connectivity index (χ4n) is 2.03. The van der Waals surface area contributed by atoms with Crippen molar-refractivity contribution in [2.24, 2.45) is 5.92 Å². The van der Waals surface area contributed by atoms with Crippen LogP contribution in [0, 0.1) is 5.92 Å². The van der Waals surface area contributed by atoms with E-state index in [2.05, 4.69) is 17.2 Å². The van der Waals surface area contributed by atoms with Crippen molar-refractivity contribution in [2.45, 2.75) is 38.6 Å². The van der Waals surface area contributed by atoms with Crippen molar-refractivity contribution in [2.75, 3.05) is 5.32 Å². The van der Waals surface area contributed by atoms with E-state index in [9.17, 15) is 0 Å². The van der Waals surface area contributed by atoms with Crippen LogP contribution < -0.4 is 5.32 Å². The van der Waals surface area contributed by atoms with Crippen LogP contribution in [0.15, 0.2) is 18.3 Å². The summed E-state index contributed by atoms with van der Waals surface area (Å²) in [4.78, 5) is 4.05. The molecule has 1 saturated carbocycles.